The minimum atomic E-state index is -0.199. The molecule has 1 atom stereocenters. The second-order valence-corrected chi connectivity index (χ2v) is 3.04. The molecule has 0 saturated carbocycles. The Balaban J connectivity index is 0.00000144. The van der Waals surface area contributed by atoms with E-state index in [2.05, 4.69) is 0 Å². The predicted molar refractivity (Wildman–Crippen MR) is 55.6 cm³/mol. The molecule has 0 fully saturated rings. The maximum Gasteiger partial charge on any atom is 0.127 e. The molecule has 0 saturated heterocycles. The minimum absolute atomic E-state index is 0. The molecule has 0 amide bonds. The zero-order valence-electron chi connectivity index (χ0n) is 7.88. The van der Waals surface area contributed by atoms with Crippen LogP contribution in [0.4, 0.5) is 4.39 Å². The van der Waals surface area contributed by atoms with E-state index >= 15 is 0 Å². The minimum Gasteiger partial charge on any atom is -0.324 e. The monoisotopic (exact) mass is 203 g/mol. The Hall–Kier alpha value is -0.600. The van der Waals surface area contributed by atoms with E-state index in [1.807, 2.05) is 19.9 Å². The van der Waals surface area contributed by atoms with Crippen molar-refractivity contribution in [3.05, 3.63) is 35.1 Å². The summed E-state index contributed by atoms with van der Waals surface area (Å²) in [5, 5.41) is 0. The standard InChI is InChI=1S/C10H14FN.ClH/c1-3-10(12)8-6-7(2)4-5-9(8)11;/h4-6,10H,3,12H2,1-2H3;1H/t10-;/m1./s1. The second-order valence-electron chi connectivity index (χ2n) is 3.04. The van der Waals surface area contributed by atoms with Crippen molar-refractivity contribution >= 4 is 12.4 Å². The molecule has 0 spiro atoms. The largest absolute Gasteiger partial charge is 0.324 e. The van der Waals surface area contributed by atoms with Gasteiger partial charge in [0.25, 0.3) is 0 Å². The third-order valence-electron chi connectivity index (χ3n) is 1.99. The second kappa shape index (κ2) is 5.20. The van der Waals surface area contributed by atoms with Gasteiger partial charge in [0.05, 0.1) is 0 Å². The van der Waals surface area contributed by atoms with Gasteiger partial charge in [-0.3, -0.25) is 0 Å². The maximum absolute atomic E-state index is 13.1. The summed E-state index contributed by atoms with van der Waals surface area (Å²) >= 11 is 0. The van der Waals surface area contributed by atoms with Gasteiger partial charge in [0.2, 0.25) is 0 Å². The highest BCUT2D eigenvalue weighted by molar-refractivity contribution is 5.85. The highest BCUT2D eigenvalue weighted by atomic mass is 35.5. The molecule has 0 aliphatic rings. The van der Waals surface area contributed by atoms with E-state index < -0.39 is 0 Å². The van der Waals surface area contributed by atoms with E-state index in [1.165, 1.54) is 6.07 Å². The normalized spacial score (nSPS) is 12.0. The molecule has 2 N–H and O–H groups in total. The number of benzene rings is 1. The van der Waals surface area contributed by atoms with Crippen LogP contribution >= 0.6 is 12.4 Å². The molecule has 1 aromatic carbocycles. The van der Waals surface area contributed by atoms with E-state index in [1.54, 1.807) is 6.07 Å². The Kier molecular flexibility index (Phi) is 4.96. The van der Waals surface area contributed by atoms with Crippen molar-refractivity contribution in [1.29, 1.82) is 0 Å². The van der Waals surface area contributed by atoms with Gasteiger partial charge in [0, 0.05) is 11.6 Å². The van der Waals surface area contributed by atoms with Gasteiger partial charge in [-0.1, -0.05) is 24.6 Å². The lowest BCUT2D eigenvalue weighted by molar-refractivity contribution is 0.575. The van der Waals surface area contributed by atoms with Gasteiger partial charge in [0.1, 0.15) is 5.82 Å². The fourth-order valence-electron chi connectivity index (χ4n) is 1.17. The van der Waals surface area contributed by atoms with Crippen LogP contribution in [0.5, 0.6) is 0 Å². The molecule has 74 valence electrons. The summed E-state index contributed by atoms with van der Waals surface area (Å²) in [7, 11) is 0. The first-order valence-corrected chi connectivity index (χ1v) is 4.16. The summed E-state index contributed by atoms with van der Waals surface area (Å²) in [6.45, 7) is 3.89. The van der Waals surface area contributed by atoms with Gasteiger partial charge in [-0.15, -0.1) is 12.4 Å². The Morgan fingerprint density at radius 1 is 1.46 bits per heavy atom. The number of halogens is 2. The van der Waals surface area contributed by atoms with Gasteiger partial charge < -0.3 is 5.73 Å². The Bertz CT molecular complexity index is 276. The highest BCUT2D eigenvalue weighted by Gasteiger charge is 2.08. The van der Waals surface area contributed by atoms with E-state index in [9.17, 15) is 4.39 Å². The molecule has 0 bridgehead atoms. The Labute approximate surface area is 84.5 Å². The van der Waals surface area contributed by atoms with Crippen LogP contribution in [-0.2, 0) is 0 Å². The van der Waals surface area contributed by atoms with E-state index in [-0.39, 0.29) is 24.3 Å². The number of aryl methyl sites for hydroxylation is 1. The summed E-state index contributed by atoms with van der Waals surface area (Å²) in [6, 6.07) is 4.86. The van der Waals surface area contributed by atoms with Gasteiger partial charge in [0.15, 0.2) is 0 Å². The van der Waals surface area contributed by atoms with Crippen LogP contribution in [0.15, 0.2) is 18.2 Å². The van der Waals surface area contributed by atoms with Gasteiger partial charge >= 0.3 is 0 Å². The molecule has 0 heterocycles. The van der Waals surface area contributed by atoms with Crippen LogP contribution in [0.3, 0.4) is 0 Å². The first-order chi connectivity index (χ1) is 5.65. The number of rotatable bonds is 2. The van der Waals surface area contributed by atoms with Crippen molar-refractivity contribution in [2.75, 3.05) is 0 Å². The highest BCUT2D eigenvalue weighted by Crippen LogP contribution is 2.18. The van der Waals surface area contributed by atoms with Gasteiger partial charge in [-0.05, 0) is 19.4 Å². The number of hydrogen-bond donors (Lipinski definition) is 1. The third kappa shape index (κ3) is 2.98. The summed E-state index contributed by atoms with van der Waals surface area (Å²) in [5.74, 6) is -0.199. The molecule has 0 radical (unpaired) electrons. The zero-order valence-corrected chi connectivity index (χ0v) is 8.70. The van der Waals surface area contributed by atoms with Crippen LogP contribution in [0.1, 0.15) is 30.5 Å². The molecule has 1 nitrogen and oxygen atoms in total. The quantitative estimate of drug-likeness (QED) is 0.786. The topological polar surface area (TPSA) is 26.0 Å². The van der Waals surface area contributed by atoms with Crippen LogP contribution in [0.25, 0.3) is 0 Å². The van der Waals surface area contributed by atoms with E-state index in [0.29, 0.717) is 5.56 Å². The smallest absolute Gasteiger partial charge is 0.127 e. The molecule has 0 aliphatic heterocycles. The first kappa shape index (κ1) is 12.4. The fraction of sp³-hybridized carbons (Fsp3) is 0.400. The molecule has 0 aromatic heterocycles. The van der Waals surface area contributed by atoms with Crippen molar-refractivity contribution in [1.82, 2.24) is 0 Å². The third-order valence-corrected chi connectivity index (χ3v) is 1.99. The molecule has 1 aromatic rings. The van der Waals surface area contributed by atoms with Crippen molar-refractivity contribution < 1.29 is 4.39 Å². The molecule has 3 heteroatoms. The maximum atomic E-state index is 13.1. The summed E-state index contributed by atoms with van der Waals surface area (Å²) in [4.78, 5) is 0. The zero-order chi connectivity index (χ0) is 9.14. The molecule has 0 aliphatic carbocycles. The summed E-state index contributed by atoms with van der Waals surface area (Å²) < 4.78 is 13.1. The van der Waals surface area contributed by atoms with Crippen LogP contribution in [0.2, 0.25) is 0 Å². The van der Waals surface area contributed by atoms with Crippen molar-refractivity contribution in [3.63, 3.8) is 0 Å². The molecule has 0 unspecified atom stereocenters. The average molecular weight is 204 g/mol. The number of hydrogen-bond acceptors (Lipinski definition) is 1. The lowest BCUT2D eigenvalue weighted by Crippen LogP contribution is -2.10. The van der Waals surface area contributed by atoms with E-state index in [0.717, 1.165) is 12.0 Å². The molecule has 13 heavy (non-hydrogen) atoms. The van der Waals surface area contributed by atoms with E-state index in [4.69, 9.17) is 5.73 Å². The van der Waals surface area contributed by atoms with Crippen molar-refractivity contribution in [2.24, 2.45) is 5.73 Å². The predicted octanol–water partition coefficient (Wildman–Crippen LogP) is 2.97. The number of nitrogens with two attached hydrogens (primary N) is 1. The Morgan fingerprint density at radius 3 is 2.62 bits per heavy atom. The fourth-order valence-corrected chi connectivity index (χ4v) is 1.17. The lowest BCUT2D eigenvalue weighted by Gasteiger charge is -2.10. The summed E-state index contributed by atoms with van der Waals surface area (Å²) in [6.07, 6.45) is 0.764. The molecular weight excluding hydrogens is 189 g/mol. The molecule has 1 rings (SSSR count). The van der Waals surface area contributed by atoms with Gasteiger partial charge in [-0.25, -0.2) is 4.39 Å². The van der Waals surface area contributed by atoms with Crippen LogP contribution in [-0.4, -0.2) is 0 Å². The van der Waals surface area contributed by atoms with Crippen molar-refractivity contribution in [3.8, 4) is 0 Å². The SMILES string of the molecule is CC[C@@H](N)c1cc(C)ccc1F.Cl. The summed E-state index contributed by atoms with van der Waals surface area (Å²) in [5.41, 5.74) is 7.40. The van der Waals surface area contributed by atoms with Crippen LogP contribution in [0, 0.1) is 12.7 Å². The van der Waals surface area contributed by atoms with Gasteiger partial charge in [-0.2, -0.15) is 0 Å². The first-order valence-electron chi connectivity index (χ1n) is 4.16. The average Bonchev–Trinajstić information content (AvgIpc) is 2.08. The molecular formula is C10H15ClFN. The van der Waals surface area contributed by atoms with Crippen molar-refractivity contribution in [2.45, 2.75) is 26.3 Å². The lowest BCUT2D eigenvalue weighted by atomic mass is 10.0. The van der Waals surface area contributed by atoms with Crippen LogP contribution < -0.4 is 5.73 Å². The Morgan fingerprint density at radius 2 is 2.08 bits per heavy atom.